The molecular weight excluding hydrogens is 258 g/mol. The molecule has 108 valence electrons. The van der Waals surface area contributed by atoms with Gasteiger partial charge < -0.3 is 15.2 Å². The number of ether oxygens (including phenoxy) is 1. The molecule has 0 aliphatic heterocycles. The molecule has 0 spiro atoms. The molecule has 5 nitrogen and oxygen atoms in total. The largest absolute Gasteiger partial charge is 0.481 e. The predicted octanol–water partition coefficient (Wildman–Crippen LogP) is 2.41. The highest BCUT2D eigenvalue weighted by atomic mass is 16.5. The summed E-state index contributed by atoms with van der Waals surface area (Å²) < 4.78 is 5.13. The molecule has 2 rings (SSSR count). The van der Waals surface area contributed by atoms with Crippen molar-refractivity contribution in [1.29, 1.82) is 0 Å². The predicted molar refractivity (Wildman–Crippen MR) is 73.1 cm³/mol. The molecular formula is C15H19NO4. The Labute approximate surface area is 117 Å². The maximum absolute atomic E-state index is 11.7. The maximum Gasteiger partial charge on any atom is 0.407 e. The van der Waals surface area contributed by atoms with Gasteiger partial charge in [-0.3, -0.25) is 4.79 Å². The van der Waals surface area contributed by atoms with Crippen LogP contribution < -0.4 is 5.32 Å². The van der Waals surface area contributed by atoms with Gasteiger partial charge in [0.2, 0.25) is 0 Å². The van der Waals surface area contributed by atoms with Gasteiger partial charge in [-0.05, 0) is 17.4 Å². The van der Waals surface area contributed by atoms with Crippen LogP contribution in [0.25, 0.3) is 0 Å². The number of carbonyl (C=O) groups excluding carboxylic acids is 1. The fourth-order valence-corrected chi connectivity index (χ4v) is 2.50. The number of amides is 1. The molecule has 1 aromatic carbocycles. The summed E-state index contributed by atoms with van der Waals surface area (Å²) >= 11 is 0. The summed E-state index contributed by atoms with van der Waals surface area (Å²) in [6.07, 6.45) is -0.0567. The molecule has 1 unspecified atom stereocenters. The molecule has 1 amide bonds. The van der Waals surface area contributed by atoms with Gasteiger partial charge in [0.1, 0.15) is 6.61 Å². The fourth-order valence-electron chi connectivity index (χ4n) is 2.50. The van der Waals surface area contributed by atoms with E-state index >= 15 is 0 Å². The van der Waals surface area contributed by atoms with Crippen molar-refractivity contribution in [3.05, 3.63) is 35.9 Å². The van der Waals surface area contributed by atoms with Crippen LogP contribution in [-0.4, -0.2) is 23.2 Å². The van der Waals surface area contributed by atoms with Crippen molar-refractivity contribution >= 4 is 12.1 Å². The Bertz CT molecular complexity index is 498. The Balaban J connectivity index is 1.80. The summed E-state index contributed by atoms with van der Waals surface area (Å²) in [5.41, 5.74) is 0.469. The number of hydrogen-bond donors (Lipinski definition) is 2. The van der Waals surface area contributed by atoms with E-state index in [9.17, 15) is 9.59 Å². The third kappa shape index (κ3) is 2.92. The number of carbonyl (C=O) groups is 2. The lowest BCUT2D eigenvalue weighted by molar-refractivity contribution is -0.155. The molecule has 5 heteroatoms. The first kappa shape index (κ1) is 14.4. The smallest absolute Gasteiger partial charge is 0.407 e. The minimum atomic E-state index is -0.814. The van der Waals surface area contributed by atoms with Crippen molar-refractivity contribution in [1.82, 2.24) is 5.32 Å². The second-order valence-electron chi connectivity index (χ2n) is 5.71. The molecule has 1 aromatic rings. The second-order valence-corrected chi connectivity index (χ2v) is 5.71. The van der Waals surface area contributed by atoms with Crippen molar-refractivity contribution in [2.24, 2.45) is 11.3 Å². The summed E-state index contributed by atoms with van der Waals surface area (Å²) in [7, 11) is 0. The third-order valence-electron chi connectivity index (χ3n) is 4.07. The number of rotatable bonds is 4. The van der Waals surface area contributed by atoms with Gasteiger partial charge >= 0.3 is 12.1 Å². The summed E-state index contributed by atoms with van der Waals surface area (Å²) in [6.45, 7) is 3.90. The Morgan fingerprint density at radius 1 is 1.35 bits per heavy atom. The van der Waals surface area contributed by atoms with E-state index < -0.39 is 23.4 Å². The second kappa shape index (κ2) is 5.53. The molecule has 2 atom stereocenters. The standard InChI is InChI=1S/C15H19NO4/c1-15(2)11(13(17)18)8-12(15)16-14(19)20-9-10-6-4-3-5-7-10/h3-7,11-12H,8-9H2,1-2H3,(H,16,19)(H,17,18)/t11?,12-/m0/s1. The van der Waals surface area contributed by atoms with Crippen LogP contribution in [0.1, 0.15) is 25.8 Å². The van der Waals surface area contributed by atoms with Gasteiger partial charge in [0.05, 0.1) is 5.92 Å². The SMILES string of the molecule is CC1(C)C(C(=O)O)C[C@@H]1NC(=O)OCc1ccccc1. The van der Waals surface area contributed by atoms with Crippen LogP contribution >= 0.6 is 0 Å². The minimum absolute atomic E-state index is 0.160. The van der Waals surface area contributed by atoms with Gasteiger partial charge in [-0.2, -0.15) is 0 Å². The summed E-state index contributed by atoms with van der Waals surface area (Å²) in [4.78, 5) is 22.7. The number of nitrogens with one attached hydrogen (secondary N) is 1. The van der Waals surface area contributed by atoms with Crippen LogP contribution in [0.2, 0.25) is 0 Å². The molecule has 0 heterocycles. The van der Waals surface area contributed by atoms with Gasteiger partial charge in [-0.15, -0.1) is 0 Å². The highest BCUT2D eigenvalue weighted by molar-refractivity contribution is 5.74. The molecule has 0 saturated heterocycles. The average molecular weight is 277 g/mol. The van der Waals surface area contributed by atoms with E-state index in [-0.39, 0.29) is 12.6 Å². The molecule has 1 saturated carbocycles. The van der Waals surface area contributed by atoms with E-state index in [1.807, 2.05) is 44.2 Å². The van der Waals surface area contributed by atoms with Crippen molar-refractivity contribution in [2.45, 2.75) is 32.9 Å². The summed E-state index contributed by atoms with van der Waals surface area (Å²) in [5, 5.41) is 11.8. The van der Waals surface area contributed by atoms with Gasteiger partial charge in [0, 0.05) is 6.04 Å². The average Bonchev–Trinajstić information content (AvgIpc) is 2.41. The molecule has 1 fully saturated rings. The van der Waals surface area contributed by atoms with Crippen molar-refractivity contribution in [3.8, 4) is 0 Å². The Kier molecular flexibility index (Phi) is 3.97. The fraction of sp³-hybridized carbons (Fsp3) is 0.467. The molecule has 1 aliphatic carbocycles. The zero-order valence-electron chi connectivity index (χ0n) is 11.6. The van der Waals surface area contributed by atoms with Gasteiger partial charge in [-0.1, -0.05) is 44.2 Å². The Morgan fingerprint density at radius 2 is 2.00 bits per heavy atom. The highest BCUT2D eigenvalue weighted by Crippen LogP contribution is 2.46. The number of carboxylic acids is 1. The van der Waals surface area contributed by atoms with E-state index in [1.165, 1.54) is 0 Å². The number of hydrogen-bond acceptors (Lipinski definition) is 3. The first-order chi connectivity index (χ1) is 9.41. The highest BCUT2D eigenvalue weighted by Gasteiger charge is 2.52. The lowest BCUT2D eigenvalue weighted by Gasteiger charge is -2.49. The summed E-state index contributed by atoms with van der Waals surface area (Å²) in [5.74, 6) is -1.23. The van der Waals surface area contributed by atoms with E-state index in [0.717, 1.165) is 5.56 Å². The third-order valence-corrected chi connectivity index (χ3v) is 4.07. The molecule has 0 bridgehead atoms. The maximum atomic E-state index is 11.7. The molecule has 20 heavy (non-hydrogen) atoms. The van der Waals surface area contributed by atoms with Crippen molar-refractivity contribution < 1.29 is 19.4 Å². The molecule has 0 aromatic heterocycles. The molecule has 1 aliphatic rings. The van der Waals surface area contributed by atoms with Crippen LogP contribution in [0.15, 0.2) is 30.3 Å². The topological polar surface area (TPSA) is 75.6 Å². The van der Waals surface area contributed by atoms with E-state index in [0.29, 0.717) is 6.42 Å². The van der Waals surface area contributed by atoms with E-state index in [2.05, 4.69) is 5.32 Å². The van der Waals surface area contributed by atoms with E-state index in [1.54, 1.807) is 0 Å². The minimum Gasteiger partial charge on any atom is -0.481 e. The Hall–Kier alpha value is -2.04. The van der Waals surface area contributed by atoms with Crippen LogP contribution in [0, 0.1) is 11.3 Å². The van der Waals surface area contributed by atoms with Gasteiger partial charge in [0.15, 0.2) is 0 Å². The van der Waals surface area contributed by atoms with Crippen LogP contribution in [0.3, 0.4) is 0 Å². The number of benzene rings is 1. The quantitative estimate of drug-likeness (QED) is 0.886. The van der Waals surface area contributed by atoms with Crippen LogP contribution in [-0.2, 0) is 16.1 Å². The number of aliphatic carboxylic acids is 1. The van der Waals surface area contributed by atoms with Gasteiger partial charge in [0.25, 0.3) is 0 Å². The van der Waals surface area contributed by atoms with Crippen molar-refractivity contribution in [2.75, 3.05) is 0 Å². The zero-order chi connectivity index (χ0) is 14.8. The Morgan fingerprint density at radius 3 is 2.55 bits per heavy atom. The first-order valence-electron chi connectivity index (χ1n) is 6.61. The lowest BCUT2D eigenvalue weighted by Crippen LogP contribution is -2.60. The molecule has 2 N–H and O–H groups in total. The summed E-state index contributed by atoms with van der Waals surface area (Å²) in [6, 6.07) is 9.24. The van der Waals surface area contributed by atoms with Crippen molar-refractivity contribution in [3.63, 3.8) is 0 Å². The van der Waals surface area contributed by atoms with E-state index in [4.69, 9.17) is 9.84 Å². The van der Waals surface area contributed by atoms with Crippen LogP contribution in [0.4, 0.5) is 4.79 Å². The zero-order valence-corrected chi connectivity index (χ0v) is 11.6. The van der Waals surface area contributed by atoms with Crippen LogP contribution in [0.5, 0.6) is 0 Å². The van der Waals surface area contributed by atoms with Gasteiger partial charge in [-0.25, -0.2) is 4.79 Å². The number of alkyl carbamates (subject to hydrolysis) is 1. The number of carboxylic acid groups (broad SMARTS) is 1. The first-order valence-corrected chi connectivity index (χ1v) is 6.61. The molecule has 0 radical (unpaired) electrons. The monoisotopic (exact) mass is 277 g/mol. The normalized spacial score (nSPS) is 23.5. The lowest BCUT2D eigenvalue weighted by atomic mass is 9.58.